The highest BCUT2D eigenvalue weighted by Crippen LogP contribution is 2.20. The largest absolute Gasteiger partial charge is 0.395 e. The number of benzene rings is 2. The number of aliphatic hydroxyl groups excluding tert-OH is 1. The van der Waals surface area contributed by atoms with Crippen molar-refractivity contribution in [1.29, 1.82) is 0 Å². The Morgan fingerprint density at radius 2 is 1.98 bits per heavy atom. The molecule has 0 bridgehead atoms. The van der Waals surface area contributed by atoms with Gasteiger partial charge in [0.15, 0.2) is 6.29 Å². The number of hydrogen-bond donors (Lipinski definition) is 3. The van der Waals surface area contributed by atoms with Crippen LogP contribution in [0.3, 0.4) is 0 Å². The summed E-state index contributed by atoms with van der Waals surface area (Å²) in [4.78, 5) is 22.9. The maximum Gasteiger partial charge on any atom is 0.267 e. The number of carbonyl (C=O) groups is 1. The van der Waals surface area contributed by atoms with Gasteiger partial charge in [0.25, 0.3) is 15.9 Å². The Morgan fingerprint density at radius 1 is 1.14 bits per heavy atom. The van der Waals surface area contributed by atoms with E-state index >= 15 is 0 Å². The number of nitrogens with one attached hydrogen (secondary N) is 2. The minimum Gasteiger partial charge on any atom is -0.395 e. The number of ether oxygens (including phenoxy) is 1. The summed E-state index contributed by atoms with van der Waals surface area (Å²) in [7, 11) is -3.81. The van der Waals surface area contributed by atoms with Gasteiger partial charge in [0.2, 0.25) is 0 Å². The van der Waals surface area contributed by atoms with Gasteiger partial charge in [-0.3, -0.25) is 9.69 Å². The molecule has 1 amide bonds. The second-order valence-corrected chi connectivity index (χ2v) is 12.1. The van der Waals surface area contributed by atoms with Crippen molar-refractivity contribution in [2.75, 3.05) is 26.3 Å². The Hall–Kier alpha value is -3.74. The quantitative estimate of drug-likeness (QED) is 0.159. The molecule has 2 aromatic carbocycles. The van der Waals surface area contributed by atoms with E-state index in [1.54, 1.807) is 30.3 Å². The Labute approximate surface area is 245 Å². The lowest BCUT2D eigenvalue weighted by atomic mass is 10.1. The van der Waals surface area contributed by atoms with Crippen molar-refractivity contribution in [3.8, 4) is 0 Å². The minimum atomic E-state index is -3.81. The highest BCUT2D eigenvalue weighted by atomic mass is 32.2. The molecule has 2 aromatic heterocycles. The molecule has 0 aliphatic carbocycles. The molecule has 3 heterocycles. The number of amides is 1. The first-order chi connectivity index (χ1) is 20.4. The molecule has 4 aromatic rings. The first kappa shape index (κ1) is 29.7. The lowest BCUT2D eigenvalue weighted by molar-refractivity contribution is -0.198. The number of carbonyl (C=O) groups excluding carboxylic acids is 1. The molecule has 3 N–H and O–H groups in total. The lowest BCUT2D eigenvalue weighted by Crippen LogP contribution is -2.32. The normalized spacial score (nSPS) is 16.0. The molecule has 11 heteroatoms. The first-order valence-electron chi connectivity index (χ1n) is 14.1. The van der Waals surface area contributed by atoms with Gasteiger partial charge >= 0.3 is 0 Å². The van der Waals surface area contributed by atoms with Crippen LogP contribution in [0.5, 0.6) is 0 Å². The Balaban J connectivity index is 1.16. The van der Waals surface area contributed by atoms with Crippen molar-refractivity contribution in [3.05, 3.63) is 96.0 Å². The second kappa shape index (κ2) is 14.0. The van der Waals surface area contributed by atoms with Crippen molar-refractivity contribution < 1.29 is 27.9 Å². The van der Waals surface area contributed by atoms with E-state index in [4.69, 9.17) is 9.57 Å². The number of fused-ring (bicyclic) bond motifs is 1. The monoisotopic (exact) mass is 592 g/mol. The number of para-hydroxylation sites is 1. The fraction of sp³-hybridized carbons (Fsp3) is 0.323. The topological polar surface area (TPSA) is 126 Å². The van der Waals surface area contributed by atoms with Crippen molar-refractivity contribution in [1.82, 2.24) is 19.3 Å². The average molecular weight is 593 g/mol. The van der Waals surface area contributed by atoms with Gasteiger partial charge in [0, 0.05) is 68.2 Å². The predicted octanol–water partition coefficient (Wildman–Crippen LogP) is 3.83. The average Bonchev–Trinajstić information content (AvgIpc) is 3.67. The SMILES string of the molecule is O=C(/C=C/c1ccn(S(=O)(=O)c2ccc(CN(CCO)CCc3c[nH]c4ccccc34)cc2)c1)NOC1CCCCO1. The van der Waals surface area contributed by atoms with Gasteiger partial charge in [-0.2, -0.15) is 0 Å². The summed E-state index contributed by atoms with van der Waals surface area (Å²) < 4.78 is 33.0. The summed E-state index contributed by atoms with van der Waals surface area (Å²) >= 11 is 0. The number of H-pyrrole nitrogens is 1. The maximum absolute atomic E-state index is 13.2. The molecule has 0 spiro atoms. The summed E-state index contributed by atoms with van der Waals surface area (Å²) in [5.74, 6) is -0.466. The van der Waals surface area contributed by atoms with Gasteiger partial charge in [-0.05, 0) is 66.3 Å². The van der Waals surface area contributed by atoms with E-state index in [0.29, 0.717) is 25.3 Å². The molecule has 1 aliphatic rings. The Morgan fingerprint density at radius 3 is 2.76 bits per heavy atom. The molecule has 1 saturated heterocycles. The van der Waals surface area contributed by atoms with Crippen LogP contribution in [0.15, 0.2) is 84.2 Å². The highest BCUT2D eigenvalue weighted by molar-refractivity contribution is 7.90. The number of aliphatic hydroxyl groups is 1. The molecule has 10 nitrogen and oxygen atoms in total. The molecule has 1 fully saturated rings. The first-order valence-corrected chi connectivity index (χ1v) is 15.5. The summed E-state index contributed by atoms with van der Waals surface area (Å²) in [6, 6.07) is 16.6. The van der Waals surface area contributed by atoms with Crippen LogP contribution in [0.25, 0.3) is 17.0 Å². The molecular weight excluding hydrogens is 556 g/mol. The maximum atomic E-state index is 13.2. The lowest BCUT2D eigenvalue weighted by Gasteiger charge is -2.21. The molecule has 0 saturated carbocycles. The van der Waals surface area contributed by atoms with Crippen LogP contribution in [0, 0.1) is 0 Å². The van der Waals surface area contributed by atoms with Crippen LogP contribution in [0.1, 0.15) is 36.0 Å². The van der Waals surface area contributed by atoms with Crippen LogP contribution < -0.4 is 5.48 Å². The van der Waals surface area contributed by atoms with Gasteiger partial charge < -0.3 is 14.8 Å². The molecule has 42 heavy (non-hydrogen) atoms. The Kier molecular flexibility index (Phi) is 9.88. The zero-order chi connectivity index (χ0) is 29.4. The van der Waals surface area contributed by atoms with E-state index in [1.807, 2.05) is 18.3 Å². The third-order valence-electron chi connectivity index (χ3n) is 7.24. The Bertz CT molecular complexity index is 1600. The van der Waals surface area contributed by atoms with Crippen molar-refractivity contribution in [2.45, 2.75) is 43.4 Å². The molecule has 5 rings (SSSR count). The summed E-state index contributed by atoms with van der Waals surface area (Å²) in [5.41, 5.74) is 6.16. The predicted molar refractivity (Wildman–Crippen MR) is 160 cm³/mol. The van der Waals surface area contributed by atoms with Gasteiger partial charge in [-0.25, -0.2) is 22.7 Å². The number of hydrogen-bond acceptors (Lipinski definition) is 7. The van der Waals surface area contributed by atoms with Gasteiger partial charge in [0.1, 0.15) is 0 Å². The number of aromatic amines is 1. The zero-order valence-corrected chi connectivity index (χ0v) is 24.1. The van der Waals surface area contributed by atoms with Crippen LogP contribution in [-0.4, -0.2) is 65.9 Å². The fourth-order valence-corrected chi connectivity index (χ4v) is 6.15. The van der Waals surface area contributed by atoms with Crippen molar-refractivity contribution in [3.63, 3.8) is 0 Å². The minimum absolute atomic E-state index is 0.0361. The van der Waals surface area contributed by atoms with Crippen LogP contribution >= 0.6 is 0 Å². The van der Waals surface area contributed by atoms with Gasteiger partial charge in [-0.15, -0.1) is 0 Å². The zero-order valence-electron chi connectivity index (χ0n) is 23.3. The van der Waals surface area contributed by atoms with Gasteiger partial charge in [0.05, 0.1) is 11.5 Å². The number of nitrogens with zero attached hydrogens (tertiary/aromatic N) is 2. The van der Waals surface area contributed by atoms with E-state index in [-0.39, 0.29) is 11.5 Å². The highest BCUT2D eigenvalue weighted by Gasteiger charge is 2.18. The second-order valence-electron chi connectivity index (χ2n) is 10.2. The van der Waals surface area contributed by atoms with E-state index in [2.05, 4.69) is 27.5 Å². The summed E-state index contributed by atoms with van der Waals surface area (Å²) in [6.45, 7) is 2.49. The van der Waals surface area contributed by atoms with Crippen LogP contribution in [-0.2, 0) is 37.4 Å². The number of rotatable bonds is 13. The van der Waals surface area contributed by atoms with Crippen LogP contribution in [0.2, 0.25) is 0 Å². The smallest absolute Gasteiger partial charge is 0.267 e. The van der Waals surface area contributed by atoms with E-state index in [1.165, 1.54) is 35.5 Å². The molecule has 1 atom stereocenters. The number of hydroxylamine groups is 1. The van der Waals surface area contributed by atoms with Gasteiger partial charge in [-0.1, -0.05) is 30.3 Å². The molecule has 222 valence electrons. The fourth-order valence-electron chi connectivity index (χ4n) is 4.95. The third kappa shape index (κ3) is 7.55. The molecule has 1 aliphatic heterocycles. The summed E-state index contributed by atoms with van der Waals surface area (Å²) in [5, 5.41) is 10.8. The molecule has 1 unspecified atom stereocenters. The standard InChI is InChI=1S/C31H36N4O6S/c36-19-18-34(16-15-26-21-32-29-6-2-1-5-28(26)29)22-24-8-11-27(12-9-24)42(38,39)35-17-14-25(23-35)10-13-30(37)33-41-31-7-3-4-20-40-31/h1-2,5-6,8-14,17,21,23,31-32,36H,3-4,7,15-16,18-20,22H2,(H,33,37)/b13-10+. The van der Waals surface area contributed by atoms with E-state index in [9.17, 15) is 18.3 Å². The molecular formula is C31H36N4O6S. The molecule has 0 radical (unpaired) electrons. The van der Waals surface area contributed by atoms with E-state index in [0.717, 1.165) is 47.3 Å². The summed E-state index contributed by atoms with van der Waals surface area (Å²) in [6.07, 6.45) is 10.8. The van der Waals surface area contributed by atoms with Crippen LogP contribution in [0.4, 0.5) is 0 Å². The number of aromatic nitrogens is 2. The third-order valence-corrected chi connectivity index (χ3v) is 8.89. The van der Waals surface area contributed by atoms with Crippen molar-refractivity contribution in [2.24, 2.45) is 0 Å². The van der Waals surface area contributed by atoms with Crippen molar-refractivity contribution >= 4 is 32.9 Å². The van der Waals surface area contributed by atoms with E-state index < -0.39 is 22.2 Å².